The highest BCUT2D eigenvalue weighted by atomic mass is 32.2. The van der Waals surface area contributed by atoms with Gasteiger partial charge >= 0.3 is 0 Å². The molecule has 1 fully saturated rings. The van der Waals surface area contributed by atoms with E-state index in [-0.39, 0.29) is 28.1 Å². The lowest BCUT2D eigenvalue weighted by Gasteiger charge is -2.19. The molecule has 1 saturated carbocycles. The Morgan fingerprint density at radius 2 is 1.96 bits per heavy atom. The van der Waals surface area contributed by atoms with Gasteiger partial charge in [-0.1, -0.05) is 12.1 Å². The molecule has 28 heavy (non-hydrogen) atoms. The summed E-state index contributed by atoms with van der Waals surface area (Å²) in [5.74, 6) is -0.361. The molecule has 0 aromatic heterocycles. The second-order valence-electron chi connectivity index (χ2n) is 7.15. The average Bonchev–Trinajstić information content (AvgIpc) is 3.35. The maximum Gasteiger partial charge on any atom is 0.271 e. The number of amides is 1. The van der Waals surface area contributed by atoms with Crippen LogP contribution in [0.1, 0.15) is 34.3 Å². The van der Waals surface area contributed by atoms with Crippen LogP contribution in [-0.4, -0.2) is 31.8 Å². The van der Waals surface area contributed by atoms with E-state index >= 15 is 0 Å². The second kappa shape index (κ2) is 6.68. The standard InChI is InChI=1S/C19H19N3O5S/c1-12-2-7-16(28(26,27)20-14-4-5-14)11-17(12)19(23)21-9-8-13-3-6-15(22(24)25)10-18(13)21/h2-3,6-7,10-11,14,20H,4-5,8-9H2,1H3. The quantitative estimate of drug-likeness (QED) is 0.612. The summed E-state index contributed by atoms with van der Waals surface area (Å²) in [6.45, 7) is 2.13. The van der Waals surface area contributed by atoms with Crippen LogP contribution in [0.25, 0.3) is 0 Å². The first-order chi connectivity index (χ1) is 13.3. The Bertz CT molecular complexity index is 1090. The van der Waals surface area contributed by atoms with Crippen molar-refractivity contribution in [2.24, 2.45) is 0 Å². The van der Waals surface area contributed by atoms with E-state index in [4.69, 9.17) is 0 Å². The number of nitro groups is 1. The summed E-state index contributed by atoms with van der Waals surface area (Å²) in [5, 5.41) is 11.1. The molecule has 9 heteroatoms. The molecule has 1 heterocycles. The molecule has 0 unspecified atom stereocenters. The van der Waals surface area contributed by atoms with Gasteiger partial charge in [-0.15, -0.1) is 0 Å². The summed E-state index contributed by atoms with van der Waals surface area (Å²) in [6, 6.07) is 8.93. The van der Waals surface area contributed by atoms with Crippen LogP contribution in [0.5, 0.6) is 0 Å². The van der Waals surface area contributed by atoms with Crippen molar-refractivity contribution in [2.45, 2.75) is 37.1 Å². The van der Waals surface area contributed by atoms with E-state index < -0.39 is 14.9 Å². The molecule has 146 valence electrons. The number of aryl methyl sites for hydroxylation is 1. The minimum absolute atomic E-state index is 0.0311. The molecular formula is C19H19N3O5S. The van der Waals surface area contributed by atoms with Gasteiger partial charge < -0.3 is 4.90 Å². The number of rotatable bonds is 5. The molecule has 2 aliphatic rings. The number of benzene rings is 2. The molecule has 2 aromatic carbocycles. The van der Waals surface area contributed by atoms with Gasteiger partial charge in [-0.3, -0.25) is 14.9 Å². The average molecular weight is 401 g/mol. The SMILES string of the molecule is Cc1ccc(S(=O)(=O)NC2CC2)cc1C(=O)N1CCc2ccc([N+](=O)[O-])cc21. The Hall–Kier alpha value is -2.78. The Morgan fingerprint density at radius 1 is 1.21 bits per heavy atom. The van der Waals surface area contributed by atoms with Gasteiger partial charge in [-0.25, -0.2) is 13.1 Å². The Kier molecular flexibility index (Phi) is 4.43. The van der Waals surface area contributed by atoms with E-state index in [1.54, 1.807) is 19.1 Å². The first kappa shape index (κ1) is 18.6. The van der Waals surface area contributed by atoms with Crippen LogP contribution in [0, 0.1) is 17.0 Å². The van der Waals surface area contributed by atoms with E-state index in [2.05, 4.69) is 4.72 Å². The highest BCUT2D eigenvalue weighted by molar-refractivity contribution is 7.89. The summed E-state index contributed by atoms with van der Waals surface area (Å²) in [7, 11) is -3.68. The molecule has 0 atom stereocenters. The number of nitrogens with zero attached hydrogens (tertiary/aromatic N) is 2. The molecule has 1 amide bonds. The molecular weight excluding hydrogens is 382 g/mol. The van der Waals surface area contributed by atoms with Gasteiger partial charge in [-0.05, 0) is 49.4 Å². The van der Waals surface area contributed by atoms with Crippen LogP contribution < -0.4 is 9.62 Å². The number of hydrogen-bond donors (Lipinski definition) is 1. The zero-order chi connectivity index (χ0) is 20.1. The number of carbonyl (C=O) groups is 1. The zero-order valence-corrected chi connectivity index (χ0v) is 16.0. The zero-order valence-electron chi connectivity index (χ0n) is 15.2. The smallest absolute Gasteiger partial charge is 0.271 e. The van der Waals surface area contributed by atoms with E-state index in [9.17, 15) is 23.3 Å². The van der Waals surface area contributed by atoms with Crippen molar-refractivity contribution in [3.05, 3.63) is 63.2 Å². The number of non-ortho nitro benzene ring substituents is 1. The molecule has 0 spiro atoms. The van der Waals surface area contributed by atoms with Gasteiger partial charge in [0.2, 0.25) is 10.0 Å². The molecule has 0 saturated heterocycles. The minimum atomic E-state index is -3.68. The summed E-state index contributed by atoms with van der Waals surface area (Å²) in [5.41, 5.74) is 2.20. The molecule has 8 nitrogen and oxygen atoms in total. The first-order valence-electron chi connectivity index (χ1n) is 8.98. The topological polar surface area (TPSA) is 110 Å². The van der Waals surface area contributed by atoms with Gasteiger partial charge in [0, 0.05) is 30.3 Å². The lowest BCUT2D eigenvalue weighted by Crippen LogP contribution is -2.30. The number of fused-ring (bicyclic) bond motifs is 1. The Labute approximate surface area is 162 Å². The number of anilines is 1. The number of carbonyl (C=O) groups excluding carboxylic acids is 1. The fourth-order valence-corrected chi connectivity index (χ4v) is 4.66. The van der Waals surface area contributed by atoms with Gasteiger partial charge in [0.05, 0.1) is 15.5 Å². The predicted octanol–water partition coefficient (Wildman–Crippen LogP) is 2.55. The highest BCUT2D eigenvalue weighted by Gasteiger charge is 2.31. The Balaban J connectivity index is 1.69. The number of sulfonamides is 1. The van der Waals surface area contributed by atoms with Crippen molar-refractivity contribution in [1.29, 1.82) is 0 Å². The van der Waals surface area contributed by atoms with Crippen LogP contribution in [0.4, 0.5) is 11.4 Å². The fraction of sp³-hybridized carbons (Fsp3) is 0.316. The predicted molar refractivity (Wildman–Crippen MR) is 103 cm³/mol. The minimum Gasteiger partial charge on any atom is -0.307 e. The van der Waals surface area contributed by atoms with Gasteiger partial charge in [-0.2, -0.15) is 0 Å². The maximum absolute atomic E-state index is 13.2. The van der Waals surface area contributed by atoms with Crippen LogP contribution in [0.15, 0.2) is 41.3 Å². The third-order valence-electron chi connectivity index (χ3n) is 5.07. The van der Waals surface area contributed by atoms with Crippen molar-refractivity contribution in [1.82, 2.24) is 4.72 Å². The molecule has 0 bridgehead atoms. The highest BCUT2D eigenvalue weighted by Crippen LogP contribution is 2.33. The van der Waals surface area contributed by atoms with Gasteiger partial charge in [0.15, 0.2) is 0 Å². The third kappa shape index (κ3) is 3.38. The summed E-state index contributed by atoms with van der Waals surface area (Å²) < 4.78 is 27.6. The monoisotopic (exact) mass is 401 g/mol. The molecule has 4 rings (SSSR count). The lowest BCUT2D eigenvalue weighted by atomic mass is 10.1. The largest absolute Gasteiger partial charge is 0.307 e. The van der Waals surface area contributed by atoms with E-state index in [1.165, 1.54) is 29.2 Å². The van der Waals surface area contributed by atoms with Crippen molar-refractivity contribution < 1.29 is 18.1 Å². The fourth-order valence-electron chi connectivity index (χ4n) is 3.32. The number of hydrogen-bond acceptors (Lipinski definition) is 5. The summed E-state index contributed by atoms with van der Waals surface area (Å²) in [4.78, 5) is 25.3. The van der Waals surface area contributed by atoms with E-state index in [0.29, 0.717) is 24.2 Å². The molecule has 1 N–H and O–H groups in total. The van der Waals surface area contributed by atoms with E-state index in [1.807, 2.05) is 0 Å². The van der Waals surface area contributed by atoms with Gasteiger partial charge in [0.1, 0.15) is 0 Å². The van der Waals surface area contributed by atoms with E-state index in [0.717, 1.165) is 18.4 Å². The second-order valence-corrected chi connectivity index (χ2v) is 8.86. The van der Waals surface area contributed by atoms with Crippen molar-refractivity contribution in [3.8, 4) is 0 Å². The van der Waals surface area contributed by atoms with Crippen LogP contribution in [0.2, 0.25) is 0 Å². The third-order valence-corrected chi connectivity index (χ3v) is 6.59. The van der Waals surface area contributed by atoms with Crippen LogP contribution in [-0.2, 0) is 16.4 Å². The maximum atomic E-state index is 13.2. The van der Waals surface area contributed by atoms with Crippen LogP contribution in [0.3, 0.4) is 0 Å². The Morgan fingerprint density at radius 3 is 2.64 bits per heavy atom. The first-order valence-corrected chi connectivity index (χ1v) is 10.5. The summed E-state index contributed by atoms with van der Waals surface area (Å²) >= 11 is 0. The molecule has 0 radical (unpaired) electrons. The normalized spacial score (nSPS) is 16.1. The van der Waals surface area contributed by atoms with Crippen LogP contribution >= 0.6 is 0 Å². The molecule has 1 aliphatic carbocycles. The lowest BCUT2D eigenvalue weighted by molar-refractivity contribution is -0.384. The molecule has 2 aromatic rings. The number of nitrogens with one attached hydrogen (secondary N) is 1. The summed E-state index contributed by atoms with van der Waals surface area (Å²) in [6.07, 6.45) is 2.24. The number of nitro benzene ring substituents is 1. The molecule has 1 aliphatic heterocycles. The van der Waals surface area contributed by atoms with Crippen molar-refractivity contribution >= 4 is 27.3 Å². The van der Waals surface area contributed by atoms with Crippen molar-refractivity contribution in [2.75, 3.05) is 11.4 Å². The van der Waals surface area contributed by atoms with Gasteiger partial charge in [0.25, 0.3) is 11.6 Å². The van der Waals surface area contributed by atoms with Crippen molar-refractivity contribution in [3.63, 3.8) is 0 Å².